The number of pyridine rings is 1. The van der Waals surface area contributed by atoms with Crippen LogP contribution in [0, 0.1) is 11.3 Å². The van der Waals surface area contributed by atoms with Gasteiger partial charge in [-0.25, -0.2) is 9.97 Å². The van der Waals surface area contributed by atoms with Crippen LogP contribution >= 0.6 is 11.3 Å². The number of piperidine rings is 1. The highest BCUT2D eigenvalue weighted by Crippen LogP contribution is 2.27. The fourth-order valence-corrected chi connectivity index (χ4v) is 4.60. The number of thiazole rings is 1. The van der Waals surface area contributed by atoms with Gasteiger partial charge in [0.1, 0.15) is 11.5 Å². The smallest absolute Gasteiger partial charge is 0.273 e. The van der Waals surface area contributed by atoms with Crippen LogP contribution in [-0.2, 0) is 0 Å². The van der Waals surface area contributed by atoms with E-state index in [-0.39, 0.29) is 5.91 Å². The maximum Gasteiger partial charge on any atom is 0.273 e. The lowest BCUT2D eigenvalue weighted by atomic mass is 9.94. The average molecular weight is 397 g/mol. The molecule has 4 heterocycles. The molecule has 146 valence electrons. The molecule has 0 aromatic carbocycles. The summed E-state index contributed by atoms with van der Waals surface area (Å²) in [5, 5.41) is 14.7. The number of carbonyl (C=O) groups is 1. The number of amides is 1. The fraction of sp³-hybridized carbons (Fsp3) is 0.500. The van der Waals surface area contributed by atoms with Gasteiger partial charge in [-0.15, -0.1) is 11.3 Å². The van der Waals surface area contributed by atoms with E-state index in [0.717, 1.165) is 63.4 Å². The molecule has 7 nitrogen and oxygen atoms in total. The van der Waals surface area contributed by atoms with Crippen molar-refractivity contribution in [2.75, 3.05) is 38.0 Å². The van der Waals surface area contributed by atoms with Crippen molar-refractivity contribution in [3.05, 3.63) is 35.0 Å². The van der Waals surface area contributed by atoms with E-state index >= 15 is 0 Å². The first-order chi connectivity index (χ1) is 13.7. The summed E-state index contributed by atoms with van der Waals surface area (Å²) in [5.41, 5.74) is 1.54. The Balaban J connectivity index is 1.42. The zero-order chi connectivity index (χ0) is 19.3. The normalized spacial score (nSPS) is 20.1. The summed E-state index contributed by atoms with van der Waals surface area (Å²) in [5.74, 6) is 1.10. The molecular weight excluding hydrogens is 372 g/mol. The van der Waals surface area contributed by atoms with Gasteiger partial charge in [0.25, 0.3) is 5.91 Å². The highest BCUT2D eigenvalue weighted by atomic mass is 32.1. The van der Waals surface area contributed by atoms with E-state index < -0.39 is 0 Å². The van der Waals surface area contributed by atoms with Crippen LogP contribution in [-0.4, -0.2) is 58.4 Å². The van der Waals surface area contributed by atoms with Crippen LogP contribution in [0.5, 0.6) is 0 Å². The first-order valence-corrected chi connectivity index (χ1v) is 10.7. The average Bonchev–Trinajstić information content (AvgIpc) is 3.41. The summed E-state index contributed by atoms with van der Waals surface area (Å²) < 4.78 is 0. The van der Waals surface area contributed by atoms with Gasteiger partial charge in [0.15, 0.2) is 5.13 Å². The molecule has 2 saturated heterocycles. The van der Waals surface area contributed by atoms with Crippen LogP contribution < -0.4 is 5.32 Å². The molecule has 4 rings (SSSR count). The maximum atomic E-state index is 12.5. The molecule has 0 saturated carbocycles. The van der Waals surface area contributed by atoms with Gasteiger partial charge in [-0.3, -0.25) is 9.69 Å². The van der Waals surface area contributed by atoms with Gasteiger partial charge in [-0.05, 0) is 44.4 Å². The summed E-state index contributed by atoms with van der Waals surface area (Å²) in [6, 6.07) is 8.21. The molecule has 0 spiro atoms. The van der Waals surface area contributed by atoms with Gasteiger partial charge >= 0.3 is 0 Å². The summed E-state index contributed by atoms with van der Waals surface area (Å²) in [6.07, 6.45) is 4.32. The van der Waals surface area contributed by atoms with E-state index in [4.69, 9.17) is 10.2 Å². The molecule has 1 N–H and O–H groups in total. The van der Waals surface area contributed by atoms with Crippen LogP contribution in [0.4, 0.5) is 10.9 Å². The number of likely N-dealkylation sites (tertiary alicyclic amines) is 2. The molecule has 8 heteroatoms. The number of nitrogens with one attached hydrogen (secondary N) is 1. The molecule has 2 aliphatic heterocycles. The second-order valence-electron chi connectivity index (χ2n) is 7.34. The number of hydrogen-bond donors (Lipinski definition) is 1. The van der Waals surface area contributed by atoms with Gasteiger partial charge in [-0.2, -0.15) is 5.26 Å². The zero-order valence-electron chi connectivity index (χ0n) is 15.8. The minimum atomic E-state index is 0.0169. The summed E-state index contributed by atoms with van der Waals surface area (Å²) in [6.45, 7) is 3.98. The van der Waals surface area contributed by atoms with Crippen molar-refractivity contribution in [1.82, 2.24) is 19.8 Å². The molecule has 2 aromatic heterocycles. The van der Waals surface area contributed by atoms with E-state index in [0.29, 0.717) is 23.3 Å². The summed E-state index contributed by atoms with van der Waals surface area (Å²) >= 11 is 1.43. The number of rotatable bonds is 5. The lowest BCUT2D eigenvalue weighted by Gasteiger charge is -2.30. The monoisotopic (exact) mass is 396 g/mol. The minimum Gasteiger partial charge on any atom is -0.337 e. The third-order valence-corrected chi connectivity index (χ3v) is 6.10. The molecule has 0 radical (unpaired) electrons. The van der Waals surface area contributed by atoms with E-state index in [9.17, 15) is 4.79 Å². The quantitative estimate of drug-likeness (QED) is 0.781. The van der Waals surface area contributed by atoms with Crippen LogP contribution in [0.1, 0.15) is 47.8 Å². The van der Waals surface area contributed by atoms with Crippen molar-refractivity contribution in [1.29, 1.82) is 5.26 Å². The summed E-state index contributed by atoms with van der Waals surface area (Å²) in [4.78, 5) is 25.7. The SMILES string of the molecule is N#CCN1CCCC(c2cccc(Nc3nc(C(=O)N4CCCC4)cs3)n2)C1. The molecule has 1 unspecified atom stereocenters. The molecule has 1 atom stereocenters. The Labute approximate surface area is 169 Å². The Morgan fingerprint density at radius 1 is 1.25 bits per heavy atom. The van der Waals surface area contributed by atoms with Gasteiger partial charge in [0, 0.05) is 36.6 Å². The standard InChI is InChI=1S/C20H24N6OS/c21-8-12-25-9-4-5-15(13-25)16-6-3-7-18(22-16)24-20-23-17(14-28-20)19(27)26-10-1-2-11-26/h3,6-7,14-15H,1-2,4-5,9-13H2,(H,22,23,24). The molecule has 2 fully saturated rings. The molecule has 0 bridgehead atoms. The topological polar surface area (TPSA) is 85.2 Å². The lowest BCUT2D eigenvalue weighted by molar-refractivity contribution is 0.0788. The second-order valence-corrected chi connectivity index (χ2v) is 8.20. The molecule has 2 aliphatic rings. The van der Waals surface area contributed by atoms with Crippen molar-refractivity contribution < 1.29 is 4.79 Å². The van der Waals surface area contributed by atoms with Crippen molar-refractivity contribution in [2.24, 2.45) is 0 Å². The predicted octanol–water partition coefficient (Wildman–Crippen LogP) is 3.22. The van der Waals surface area contributed by atoms with Crippen molar-refractivity contribution in [3.8, 4) is 6.07 Å². The van der Waals surface area contributed by atoms with Crippen LogP contribution in [0.2, 0.25) is 0 Å². The molecule has 1 amide bonds. The number of nitrogens with zero attached hydrogens (tertiary/aromatic N) is 5. The van der Waals surface area contributed by atoms with Crippen LogP contribution in [0.25, 0.3) is 0 Å². The number of anilines is 2. The number of aromatic nitrogens is 2. The number of nitriles is 1. The zero-order valence-corrected chi connectivity index (χ0v) is 16.6. The third-order valence-electron chi connectivity index (χ3n) is 5.34. The molecule has 0 aliphatic carbocycles. The van der Waals surface area contributed by atoms with E-state index in [1.165, 1.54) is 11.3 Å². The van der Waals surface area contributed by atoms with E-state index in [2.05, 4.69) is 27.3 Å². The lowest BCUT2D eigenvalue weighted by Crippen LogP contribution is -2.34. The van der Waals surface area contributed by atoms with E-state index in [1.54, 1.807) is 0 Å². The Kier molecular flexibility index (Phi) is 5.84. The first-order valence-electron chi connectivity index (χ1n) is 9.81. The van der Waals surface area contributed by atoms with Crippen LogP contribution in [0.3, 0.4) is 0 Å². The number of carbonyl (C=O) groups excluding carboxylic acids is 1. The maximum absolute atomic E-state index is 12.5. The second kappa shape index (κ2) is 8.67. The third kappa shape index (κ3) is 4.32. The highest BCUT2D eigenvalue weighted by molar-refractivity contribution is 7.14. The van der Waals surface area contributed by atoms with Gasteiger partial charge < -0.3 is 10.2 Å². The minimum absolute atomic E-state index is 0.0169. The molecular formula is C20H24N6OS. The Morgan fingerprint density at radius 2 is 2.11 bits per heavy atom. The molecule has 28 heavy (non-hydrogen) atoms. The van der Waals surface area contributed by atoms with Crippen LogP contribution in [0.15, 0.2) is 23.6 Å². The van der Waals surface area contributed by atoms with Crippen molar-refractivity contribution >= 4 is 28.2 Å². The summed E-state index contributed by atoms with van der Waals surface area (Å²) in [7, 11) is 0. The van der Waals surface area contributed by atoms with Gasteiger partial charge in [0.05, 0.1) is 12.6 Å². The Morgan fingerprint density at radius 3 is 2.93 bits per heavy atom. The first kappa shape index (κ1) is 18.8. The Bertz CT molecular complexity index is 870. The molecule has 2 aromatic rings. The van der Waals surface area contributed by atoms with Gasteiger partial charge in [-0.1, -0.05) is 6.07 Å². The van der Waals surface area contributed by atoms with Crippen molar-refractivity contribution in [2.45, 2.75) is 31.6 Å². The largest absolute Gasteiger partial charge is 0.337 e. The fourth-order valence-electron chi connectivity index (χ4n) is 3.91. The van der Waals surface area contributed by atoms with E-state index in [1.807, 2.05) is 22.4 Å². The Hall–Kier alpha value is -2.50. The number of hydrogen-bond acceptors (Lipinski definition) is 7. The highest BCUT2D eigenvalue weighted by Gasteiger charge is 2.23. The predicted molar refractivity (Wildman–Crippen MR) is 109 cm³/mol. The van der Waals surface area contributed by atoms with Crippen molar-refractivity contribution in [3.63, 3.8) is 0 Å². The van der Waals surface area contributed by atoms with Gasteiger partial charge in [0.2, 0.25) is 0 Å².